The quantitative estimate of drug-likeness (QED) is 0.169. The number of halogens is 1. The van der Waals surface area contributed by atoms with Crippen LogP contribution in [0.2, 0.25) is 5.02 Å². The van der Waals surface area contributed by atoms with Gasteiger partial charge in [0.1, 0.15) is 22.8 Å². The molecule has 8 N–H and O–H groups in total. The third-order valence-corrected chi connectivity index (χ3v) is 9.01. The zero-order valence-corrected chi connectivity index (χ0v) is 24.4. The number of phenolic OH excluding ortho intramolecular Hbond substituents is 1. The second-order valence-electron chi connectivity index (χ2n) is 11.8. The van der Waals surface area contributed by atoms with E-state index in [9.17, 15) is 39.6 Å². The molecule has 1 saturated carbocycles. The van der Waals surface area contributed by atoms with Crippen molar-refractivity contribution in [1.29, 1.82) is 0 Å². The molecular weight excluding hydrogens is 570 g/mol. The van der Waals surface area contributed by atoms with Crippen LogP contribution in [0.15, 0.2) is 22.7 Å². The molecular formula is C28H34ClN5O8. The van der Waals surface area contributed by atoms with Crippen LogP contribution in [0.4, 0.5) is 11.4 Å². The molecule has 13 nitrogen and oxygen atoms in total. The van der Waals surface area contributed by atoms with E-state index in [0.29, 0.717) is 11.3 Å². The van der Waals surface area contributed by atoms with Crippen LogP contribution >= 0.6 is 11.6 Å². The Morgan fingerprint density at radius 2 is 1.76 bits per heavy atom. The number of nitrogens with zero attached hydrogens (tertiary/aromatic N) is 2. The third kappa shape index (κ3) is 4.34. The van der Waals surface area contributed by atoms with Crippen molar-refractivity contribution >= 4 is 46.4 Å². The average Bonchev–Trinajstić information content (AvgIpc) is 3.71. The van der Waals surface area contributed by atoms with Gasteiger partial charge in [0.15, 0.2) is 17.1 Å². The molecule has 1 aromatic carbocycles. The minimum Gasteiger partial charge on any atom is -0.510 e. The Hall–Kier alpha value is -3.65. The topological polar surface area (TPSA) is 206 Å². The Kier molecular flexibility index (Phi) is 7.29. The number of hydrogen-bond donors (Lipinski definition) is 7. The highest BCUT2D eigenvalue weighted by Gasteiger charge is 2.63. The zero-order valence-electron chi connectivity index (χ0n) is 23.6. The molecule has 0 radical (unpaired) electrons. The van der Waals surface area contributed by atoms with Crippen molar-refractivity contribution < 1.29 is 39.6 Å². The van der Waals surface area contributed by atoms with E-state index in [4.69, 9.17) is 17.3 Å². The number of nitrogens with two attached hydrogens (primary N) is 1. The molecule has 0 bridgehead atoms. The molecule has 14 heteroatoms. The molecule has 0 aliphatic heterocycles. The molecule has 3 unspecified atom stereocenters. The summed E-state index contributed by atoms with van der Waals surface area (Å²) in [7, 11) is 6.49. The van der Waals surface area contributed by atoms with Gasteiger partial charge in [-0.1, -0.05) is 11.6 Å². The third-order valence-electron chi connectivity index (χ3n) is 8.64. The minimum atomic E-state index is -2.75. The molecule has 2 amide bonds. The monoisotopic (exact) mass is 603 g/mol. The number of aliphatic hydroxyl groups excluding tert-OH is 2. The van der Waals surface area contributed by atoms with E-state index in [0.717, 1.165) is 12.8 Å². The van der Waals surface area contributed by atoms with Crippen LogP contribution < -0.4 is 21.3 Å². The van der Waals surface area contributed by atoms with Gasteiger partial charge in [-0.05, 0) is 51.3 Å². The van der Waals surface area contributed by atoms with Crippen molar-refractivity contribution in [3.63, 3.8) is 0 Å². The summed E-state index contributed by atoms with van der Waals surface area (Å²) in [6.45, 7) is -0.0388. The molecule has 42 heavy (non-hydrogen) atoms. The lowest BCUT2D eigenvalue weighted by atomic mass is 9.58. The number of carbonyl (C=O) groups excluding carboxylic acids is 4. The number of amides is 2. The first-order valence-corrected chi connectivity index (χ1v) is 13.9. The van der Waals surface area contributed by atoms with Crippen molar-refractivity contribution in [2.45, 2.75) is 43.4 Å². The summed E-state index contributed by atoms with van der Waals surface area (Å²) in [6, 6.07) is -0.848. The van der Waals surface area contributed by atoms with Gasteiger partial charge in [0, 0.05) is 31.6 Å². The number of rotatable bonds is 7. The number of primary amides is 1. The normalized spacial score (nSPS) is 27.1. The van der Waals surface area contributed by atoms with Crippen LogP contribution in [0.3, 0.4) is 0 Å². The number of ketones is 2. The molecule has 1 fully saturated rings. The predicted molar refractivity (Wildman–Crippen MR) is 153 cm³/mol. The predicted octanol–water partition coefficient (Wildman–Crippen LogP) is 0.531. The highest BCUT2D eigenvalue weighted by Crippen LogP contribution is 2.55. The van der Waals surface area contributed by atoms with Crippen molar-refractivity contribution in [3.05, 3.63) is 38.8 Å². The van der Waals surface area contributed by atoms with E-state index in [1.54, 1.807) is 33.1 Å². The van der Waals surface area contributed by atoms with Crippen molar-refractivity contribution in [2.24, 2.45) is 17.6 Å². The Morgan fingerprint density at radius 3 is 2.31 bits per heavy atom. The highest BCUT2D eigenvalue weighted by atomic mass is 35.5. The van der Waals surface area contributed by atoms with Crippen LogP contribution in [-0.4, -0.2) is 101 Å². The maximum atomic E-state index is 14.1. The number of benzene rings is 1. The van der Waals surface area contributed by atoms with Gasteiger partial charge in [0.05, 0.1) is 28.9 Å². The largest absolute Gasteiger partial charge is 0.510 e. The number of allylic oxidation sites excluding steroid dienone is 1. The fraction of sp³-hybridized carbons (Fsp3) is 0.500. The number of carbonyl (C=O) groups is 4. The summed E-state index contributed by atoms with van der Waals surface area (Å²) in [5.74, 6) is -8.10. The van der Waals surface area contributed by atoms with Gasteiger partial charge < -0.3 is 41.7 Å². The Morgan fingerprint density at radius 1 is 1.12 bits per heavy atom. The van der Waals surface area contributed by atoms with Gasteiger partial charge in [0.2, 0.25) is 11.7 Å². The van der Waals surface area contributed by atoms with Gasteiger partial charge >= 0.3 is 0 Å². The van der Waals surface area contributed by atoms with E-state index >= 15 is 0 Å². The standard InChI is InChI=1S/C28H34ClN5O8/c1-33(2)20-12-7-10-8-13-21(34(3)4)24(38)17(27(30)41)26(40)28(13,42)25(39)15(10)22(36)16(12)23(37)19(18(20)29)32-14(35)9-31-11-5-6-11/h10-11,13,21,31,37-39,42H,5-9H2,1-4H3,(H2,30,41)(H,32,35)/t10?,13?,21-,28?/m0/s1. The summed E-state index contributed by atoms with van der Waals surface area (Å²) in [6.07, 6.45) is 1.92. The van der Waals surface area contributed by atoms with Gasteiger partial charge in [-0.3, -0.25) is 24.1 Å². The van der Waals surface area contributed by atoms with E-state index in [1.165, 1.54) is 4.90 Å². The van der Waals surface area contributed by atoms with Crippen LogP contribution in [0.25, 0.3) is 0 Å². The Labute approximate surface area is 246 Å². The molecule has 4 aliphatic rings. The smallest absolute Gasteiger partial charge is 0.255 e. The van der Waals surface area contributed by atoms with Gasteiger partial charge in [-0.15, -0.1) is 0 Å². The van der Waals surface area contributed by atoms with Crippen LogP contribution in [-0.2, 0) is 20.8 Å². The maximum absolute atomic E-state index is 14.1. The molecule has 0 spiro atoms. The van der Waals surface area contributed by atoms with Crippen molar-refractivity contribution in [2.75, 3.05) is 45.0 Å². The highest BCUT2D eigenvalue weighted by molar-refractivity contribution is 6.38. The van der Waals surface area contributed by atoms with Crippen LogP contribution in [0.1, 0.15) is 35.2 Å². The van der Waals surface area contributed by atoms with E-state index in [1.807, 2.05) is 0 Å². The fourth-order valence-electron chi connectivity index (χ4n) is 6.62. The zero-order chi connectivity index (χ0) is 31.0. The number of nitrogens with one attached hydrogen (secondary N) is 2. The van der Waals surface area contributed by atoms with Gasteiger partial charge in [-0.2, -0.15) is 0 Å². The van der Waals surface area contributed by atoms with Gasteiger partial charge in [0.25, 0.3) is 5.91 Å². The lowest BCUT2D eigenvalue weighted by molar-refractivity contribution is -0.148. The van der Waals surface area contributed by atoms with E-state index in [-0.39, 0.29) is 47.3 Å². The van der Waals surface area contributed by atoms with Crippen molar-refractivity contribution in [1.82, 2.24) is 10.2 Å². The molecule has 1 aromatic rings. The Bertz CT molecular complexity index is 1500. The van der Waals surface area contributed by atoms with E-state index in [2.05, 4.69) is 10.6 Å². The first-order chi connectivity index (χ1) is 19.6. The first kappa shape index (κ1) is 29.8. The second-order valence-corrected chi connectivity index (χ2v) is 12.2. The summed E-state index contributed by atoms with van der Waals surface area (Å²) < 4.78 is 0. The molecule has 4 aliphatic carbocycles. The lowest BCUT2D eigenvalue weighted by Crippen LogP contribution is -2.63. The maximum Gasteiger partial charge on any atom is 0.255 e. The van der Waals surface area contributed by atoms with Crippen molar-refractivity contribution in [3.8, 4) is 5.75 Å². The van der Waals surface area contributed by atoms with Crippen LogP contribution in [0.5, 0.6) is 5.75 Å². The number of hydrogen-bond acceptors (Lipinski definition) is 11. The summed E-state index contributed by atoms with van der Waals surface area (Å²) in [5, 5.41) is 51.1. The molecule has 0 aromatic heterocycles. The Balaban J connectivity index is 1.66. The van der Waals surface area contributed by atoms with E-state index < -0.39 is 69.7 Å². The first-order valence-electron chi connectivity index (χ1n) is 13.5. The number of aliphatic hydroxyl groups is 3. The van der Waals surface area contributed by atoms with Gasteiger partial charge in [-0.25, -0.2) is 0 Å². The number of fused-ring (bicyclic) bond motifs is 3. The number of phenols is 1. The number of aromatic hydroxyl groups is 1. The summed E-state index contributed by atoms with van der Waals surface area (Å²) in [5.41, 5.74) is 1.74. The molecule has 4 atom stereocenters. The molecule has 0 heterocycles. The second kappa shape index (κ2) is 10.3. The fourth-order valence-corrected chi connectivity index (χ4v) is 7.04. The van der Waals surface area contributed by atoms with Crippen LogP contribution in [0, 0.1) is 11.8 Å². The SMILES string of the molecule is CN(C)c1c(Cl)c(NC(=O)CNC2CC2)c(O)c2c1CC1CC3[C@H](N(C)C)C(O)=C(C(N)=O)C(=O)C3(O)C(O)=C1C2=O. The number of likely N-dealkylation sites (N-methyl/N-ethyl adjacent to an activating group) is 1. The molecule has 0 saturated heterocycles. The number of anilines is 2. The summed E-state index contributed by atoms with van der Waals surface area (Å²) >= 11 is 6.71. The summed E-state index contributed by atoms with van der Waals surface area (Å²) in [4.78, 5) is 55.5. The molecule has 5 rings (SSSR count). The number of Topliss-reactive ketones (excluding diaryl/α,β-unsaturated/α-hetero) is 2. The molecule has 226 valence electrons. The average molecular weight is 604 g/mol. The minimum absolute atomic E-state index is 0.0125. The lowest BCUT2D eigenvalue weighted by Gasteiger charge is -2.50.